The second-order valence-corrected chi connectivity index (χ2v) is 5.97. The number of rotatable bonds is 6. The predicted molar refractivity (Wildman–Crippen MR) is 76.8 cm³/mol. The van der Waals surface area contributed by atoms with Gasteiger partial charge in [0.05, 0.1) is 5.60 Å². The third-order valence-corrected chi connectivity index (χ3v) is 3.91. The maximum Gasteiger partial charge on any atom is 0.124 e. The lowest BCUT2D eigenvalue weighted by Crippen LogP contribution is -2.40. The van der Waals surface area contributed by atoms with Crippen molar-refractivity contribution >= 4 is 23.4 Å². The summed E-state index contributed by atoms with van der Waals surface area (Å²) in [5.74, 6) is 0.314. The van der Waals surface area contributed by atoms with Gasteiger partial charge in [0.2, 0.25) is 0 Å². The molecule has 2 N–H and O–H groups in total. The first-order valence-electron chi connectivity index (χ1n) is 5.75. The van der Waals surface area contributed by atoms with E-state index in [1.807, 2.05) is 13.2 Å². The van der Waals surface area contributed by atoms with Crippen LogP contribution in [0.3, 0.4) is 0 Å². The Balaban J connectivity index is 2.63. The average molecular weight is 292 g/mol. The Kier molecular flexibility index (Phi) is 5.92. The SMILES string of the molecule is CSCC(C)(O)CNC(C)c1ccc(F)cc1Cl. The van der Waals surface area contributed by atoms with Crippen LogP contribution in [0.1, 0.15) is 25.5 Å². The number of hydrogen-bond donors (Lipinski definition) is 2. The fourth-order valence-electron chi connectivity index (χ4n) is 1.70. The molecule has 0 aromatic heterocycles. The average Bonchev–Trinajstić information content (AvgIpc) is 2.26. The van der Waals surface area contributed by atoms with Crippen LogP contribution in [0, 0.1) is 5.82 Å². The summed E-state index contributed by atoms with van der Waals surface area (Å²) in [4.78, 5) is 0. The molecule has 2 nitrogen and oxygen atoms in total. The summed E-state index contributed by atoms with van der Waals surface area (Å²) in [6.07, 6.45) is 1.95. The molecule has 0 fully saturated rings. The summed E-state index contributed by atoms with van der Waals surface area (Å²) < 4.78 is 12.9. The fraction of sp³-hybridized carbons (Fsp3) is 0.538. The first-order valence-corrected chi connectivity index (χ1v) is 7.52. The molecule has 0 radical (unpaired) electrons. The number of nitrogens with one attached hydrogen (secondary N) is 1. The topological polar surface area (TPSA) is 32.3 Å². The number of hydrogen-bond acceptors (Lipinski definition) is 3. The van der Waals surface area contributed by atoms with Gasteiger partial charge < -0.3 is 10.4 Å². The Hall–Kier alpha value is -0.290. The number of thioether (sulfide) groups is 1. The van der Waals surface area contributed by atoms with Gasteiger partial charge in [0.1, 0.15) is 5.82 Å². The van der Waals surface area contributed by atoms with Crippen molar-refractivity contribution in [1.82, 2.24) is 5.32 Å². The van der Waals surface area contributed by atoms with Crippen molar-refractivity contribution in [1.29, 1.82) is 0 Å². The molecular weight excluding hydrogens is 273 g/mol. The molecule has 1 aromatic carbocycles. The summed E-state index contributed by atoms with van der Waals surface area (Å²) in [7, 11) is 0. The third-order valence-electron chi connectivity index (χ3n) is 2.67. The van der Waals surface area contributed by atoms with E-state index in [9.17, 15) is 9.50 Å². The molecule has 2 unspecified atom stereocenters. The summed E-state index contributed by atoms with van der Waals surface area (Å²) in [5.41, 5.74) is 0.0678. The zero-order valence-electron chi connectivity index (χ0n) is 10.8. The number of aliphatic hydroxyl groups is 1. The Morgan fingerprint density at radius 1 is 1.56 bits per heavy atom. The van der Waals surface area contributed by atoms with Crippen LogP contribution < -0.4 is 5.32 Å². The minimum Gasteiger partial charge on any atom is -0.388 e. The van der Waals surface area contributed by atoms with Crippen LogP contribution in [0.5, 0.6) is 0 Å². The minimum absolute atomic E-state index is 0.0357. The highest BCUT2D eigenvalue weighted by atomic mass is 35.5. The molecule has 0 aliphatic heterocycles. The van der Waals surface area contributed by atoms with Crippen molar-refractivity contribution in [2.75, 3.05) is 18.6 Å². The van der Waals surface area contributed by atoms with Gasteiger partial charge >= 0.3 is 0 Å². The lowest BCUT2D eigenvalue weighted by atomic mass is 10.1. The van der Waals surface area contributed by atoms with Crippen molar-refractivity contribution in [3.8, 4) is 0 Å². The Bertz CT molecular complexity index is 401. The van der Waals surface area contributed by atoms with E-state index in [4.69, 9.17) is 11.6 Å². The monoisotopic (exact) mass is 291 g/mol. The maximum absolute atomic E-state index is 12.9. The van der Waals surface area contributed by atoms with Crippen LogP contribution >= 0.6 is 23.4 Å². The predicted octanol–water partition coefficient (Wildman–Crippen LogP) is 3.24. The zero-order chi connectivity index (χ0) is 13.8. The van der Waals surface area contributed by atoms with E-state index >= 15 is 0 Å². The molecule has 0 saturated carbocycles. The number of benzene rings is 1. The van der Waals surface area contributed by atoms with Crippen molar-refractivity contribution in [2.24, 2.45) is 0 Å². The fourth-order valence-corrected chi connectivity index (χ4v) is 2.75. The maximum atomic E-state index is 12.9. The Labute approximate surface area is 117 Å². The molecule has 18 heavy (non-hydrogen) atoms. The van der Waals surface area contributed by atoms with Crippen LogP contribution in [0.25, 0.3) is 0 Å². The zero-order valence-corrected chi connectivity index (χ0v) is 12.4. The molecule has 1 aromatic rings. The third kappa shape index (κ3) is 4.76. The van der Waals surface area contributed by atoms with E-state index < -0.39 is 5.60 Å². The van der Waals surface area contributed by atoms with Crippen molar-refractivity contribution in [2.45, 2.75) is 25.5 Å². The lowest BCUT2D eigenvalue weighted by molar-refractivity contribution is 0.0821. The van der Waals surface area contributed by atoms with E-state index in [0.29, 0.717) is 17.3 Å². The van der Waals surface area contributed by atoms with Crippen molar-refractivity contribution in [3.05, 3.63) is 34.6 Å². The van der Waals surface area contributed by atoms with Crippen LogP contribution in [-0.4, -0.2) is 29.3 Å². The molecular formula is C13H19ClFNOS. The van der Waals surface area contributed by atoms with Crippen molar-refractivity contribution < 1.29 is 9.50 Å². The second kappa shape index (κ2) is 6.75. The molecule has 2 atom stereocenters. The van der Waals surface area contributed by atoms with E-state index in [2.05, 4.69) is 5.32 Å². The van der Waals surface area contributed by atoms with Crippen LogP contribution in [0.15, 0.2) is 18.2 Å². The molecule has 0 amide bonds. The first kappa shape index (κ1) is 15.8. The molecule has 0 saturated heterocycles. The molecule has 5 heteroatoms. The second-order valence-electron chi connectivity index (χ2n) is 4.70. The van der Waals surface area contributed by atoms with Gasteiger partial charge in [-0.25, -0.2) is 4.39 Å². The highest BCUT2D eigenvalue weighted by molar-refractivity contribution is 7.98. The summed E-state index contributed by atoms with van der Waals surface area (Å²) in [6, 6.07) is 4.32. The van der Waals surface area contributed by atoms with Crippen LogP contribution in [0.2, 0.25) is 5.02 Å². The van der Waals surface area contributed by atoms with E-state index in [-0.39, 0.29) is 11.9 Å². The lowest BCUT2D eigenvalue weighted by Gasteiger charge is -2.25. The summed E-state index contributed by atoms with van der Waals surface area (Å²) in [6.45, 7) is 4.19. The molecule has 0 aliphatic rings. The first-order chi connectivity index (χ1) is 8.35. The standard InChI is InChI=1S/C13H19ClFNOS/c1-9(16-7-13(2,17)8-18-3)11-5-4-10(15)6-12(11)14/h4-6,9,16-17H,7-8H2,1-3H3. The van der Waals surface area contributed by atoms with E-state index in [1.165, 1.54) is 12.1 Å². The van der Waals surface area contributed by atoms with Crippen LogP contribution in [0.4, 0.5) is 4.39 Å². The molecule has 0 spiro atoms. The van der Waals surface area contributed by atoms with Gasteiger partial charge in [-0.05, 0) is 37.8 Å². The molecule has 0 heterocycles. The van der Waals surface area contributed by atoms with E-state index in [0.717, 1.165) is 5.56 Å². The largest absolute Gasteiger partial charge is 0.388 e. The highest BCUT2D eigenvalue weighted by Gasteiger charge is 2.21. The Morgan fingerprint density at radius 3 is 2.78 bits per heavy atom. The molecule has 0 bridgehead atoms. The van der Waals surface area contributed by atoms with Gasteiger partial charge in [-0.1, -0.05) is 17.7 Å². The van der Waals surface area contributed by atoms with Gasteiger partial charge in [0.25, 0.3) is 0 Å². The molecule has 1 rings (SSSR count). The normalized spacial score (nSPS) is 16.3. The molecule has 0 aliphatic carbocycles. The molecule has 102 valence electrons. The van der Waals surface area contributed by atoms with Gasteiger partial charge in [-0.15, -0.1) is 0 Å². The minimum atomic E-state index is -0.764. The van der Waals surface area contributed by atoms with Gasteiger partial charge in [0, 0.05) is 23.4 Å². The smallest absolute Gasteiger partial charge is 0.124 e. The van der Waals surface area contributed by atoms with E-state index in [1.54, 1.807) is 24.8 Å². The quantitative estimate of drug-likeness (QED) is 0.844. The van der Waals surface area contributed by atoms with Crippen LogP contribution in [-0.2, 0) is 0 Å². The highest BCUT2D eigenvalue weighted by Crippen LogP contribution is 2.24. The van der Waals surface area contributed by atoms with Gasteiger partial charge in [-0.3, -0.25) is 0 Å². The number of halogens is 2. The summed E-state index contributed by atoms with van der Waals surface area (Å²) in [5, 5.41) is 13.7. The summed E-state index contributed by atoms with van der Waals surface area (Å²) >= 11 is 7.58. The van der Waals surface area contributed by atoms with Crippen molar-refractivity contribution in [3.63, 3.8) is 0 Å². The van der Waals surface area contributed by atoms with Gasteiger partial charge in [0.15, 0.2) is 0 Å². The Morgan fingerprint density at radius 2 is 2.22 bits per heavy atom. The van der Waals surface area contributed by atoms with Gasteiger partial charge in [-0.2, -0.15) is 11.8 Å².